The smallest absolute Gasteiger partial charge is 0.225 e. The minimum absolute atomic E-state index is 0.290. The van der Waals surface area contributed by atoms with Crippen LogP contribution in [-0.2, 0) is 20.0 Å². The number of hydrogen-bond acceptors (Lipinski definition) is 4. The summed E-state index contributed by atoms with van der Waals surface area (Å²) in [5, 5.41) is 5.08. The molecule has 1 aromatic rings. The summed E-state index contributed by atoms with van der Waals surface area (Å²) in [6, 6.07) is 5.37. The zero-order valence-electron chi connectivity index (χ0n) is 11.2. The Morgan fingerprint density at radius 3 is 2.10 bits per heavy atom. The molecule has 20 heavy (non-hydrogen) atoms. The molecule has 0 heterocycles. The summed E-state index contributed by atoms with van der Waals surface area (Å²) in [7, 11) is -8.00. The average Bonchev–Trinajstić information content (AvgIpc) is 2.33. The summed E-state index contributed by atoms with van der Waals surface area (Å²) in [5.74, 6) is 0. The number of primary sulfonamides is 1. The van der Waals surface area contributed by atoms with Crippen LogP contribution in [0.2, 0.25) is 0 Å². The molecule has 8 heteroatoms. The summed E-state index contributed by atoms with van der Waals surface area (Å²) >= 11 is 0. The zero-order valence-corrected chi connectivity index (χ0v) is 12.8. The van der Waals surface area contributed by atoms with E-state index >= 15 is 0 Å². The first kappa shape index (κ1) is 15.4. The largest absolute Gasteiger partial charge is 0.242 e. The van der Waals surface area contributed by atoms with Gasteiger partial charge in [-0.25, -0.2) is 26.7 Å². The molecule has 2 rings (SSSR count). The Balaban J connectivity index is 2.46. The van der Waals surface area contributed by atoms with Crippen molar-refractivity contribution < 1.29 is 16.8 Å². The molecule has 0 bridgehead atoms. The van der Waals surface area contributed by atoms with Crippen molar-refractivity contribution >= 4 is 20.0 Å². The van der Waals surface area contributed by atoms with Gasteiger partial charge in [0.2, 0.25) is 20.0 Å². The molecule has 0 amide bonds. The van der Waals surface area contributed by atoms with Crippen LogP contribution in [0, 0.1) is 0 Å². The van der Waals surface area contributed by atoms with Crippen molar-refractivity contribution in [2.24, 2.45) is 5.14 Å². The predicted molar refractivity (Wildman–Crippen MR) is 75.0 cm³/mol. The van der Waals surface area contributed by atoms with Crippen LogP contribution in [0.25, 0.3) is 0 Å². The molecule has 0 unspecified atom stereocenters. The van der Waals surface area contributed by atoms with Crippen molar-refractivity contribution in [3.8, 4) is 0 Å². The maximum absolute atomic E-state index is 12.4. The van der Waals surface area contributed by atoms with Crippen molar-refractivity contribution in [2.75, 3.05) is 0 Å². The van der Waals surface area contributed by atoms with E-state index in [-0.39, 0.29) is 9.79 Å². The van der Waals surface area contributed by atoms with Gasteiger partial charge in [0, 0.05) is 5.54 Å². The fourth-order valence-electron chi connectivity index (χ4n) is 2.38. The second-order valence-corrected chi connectivity index (χ2v) is 8.27. The highest BCUT2D eigenvalue weighted by Gasteiger charge is 2.40. The molecular weight excluding hydrogens is 300 g/mol. The third-order valence-corrected chi connectivity index (χ3v) is 6.52. The summed E-state index contributed by atoms with van der Waals surface area (Å²) in [6.45, 7) is 1.91. The summed E-state index contributed by atoms with van der Waals surface area (Å²) in [5.41, 5.74) is -0.454. The van der Waals surface area contributed by atoms with Crippen LogP contribution < -0.4 is 9.86 Å². The number of nitrogens with one attached hydrogen (secondary N) is 1. The molecule has 1 fully saturated rings. The van der Waals surface area contributed by atoms with E-state index in [1.807, 2.05) is 6.92 Å². The Hall–Kier alpha value is -0.960. The summed E-state index contributed by atoms with van der Waals surface area (Å²) in [4.78, 5) is -0.666. The van der Waals surface area contributed by atoms with E-state index in [2.05, 4.69) is 4.72 Å². The van der Waals surface area contributed by atoms with Crippen LogP contribution >= 0.6 is 0 Å². The highest BCUT2D eigenvalue weighted by atomic mass is 32.2. The molecule has 1 saturated carbocycles. The maximum atomic E-state index is 12.4. The lowest BCUT2D eigenvalue weighted by molar-refractivity contribution is 0.213. The third-order valence-electron chi connectivity index (χ3n) is 3.78. The van der Waals surface area contributed by atoms with Gasteiger partial charge < -0.3 is 0 Å². The molecule has 0 aromatic heterocycles. The SMILES string of the molecule is CCC1(NS(=O)(=O)c2ccccc2S(N)(=O)=O)CCC1. The van der Waals surface area contributed by atoms with E-state index in [9.17, 15) is 16.8 Å². The molecule has 0 aliphatic heterocycles. The molecule has 112 valence electrons. The number of nitrogens with two attached hydrogens (primary N) is 1. The molecule has 1 aliphatic carbocycles. The van der Waals surface area contributed by atoms with E-state index in [1.165, 1.54) is 24.3 Å². The molecule has 0 radical (unpaired) electrons. The molecule has 0 atom stereocenters. The Morgan fingerprint density at radius 1 is 1.15 bits per heavy atom. The summed E-state index contributed by atoms with van der Waals surface area (Å²) in [6.07, 6.45) is 3.16. The minimum atomic E-state index is -4.09. The first-order valence-electron chi connectivity index (χ1n) is 6.36. The van der Waals surface area contributed by atoms with E-state index in [4.69, 9.17) is 5.14 Å². The minimum Gasteiger partial charge on any atom is -0.225 e. The van der Waals surface area contributed by atoms with Gasteiger partial charge in [-0.2, -0.15) is 0 Å². The number of rotatable bonds is 5. The fourth-order valence-corrected chi connectivity index (χ4v) is 5.29. The Labute approximate surface area is 119 Å². The number of hydrogen-bond donors (Lipinski definition) is 2. The van der Waals surface area contributed by atoms with Gasteiger partial charge in [-0.3, -0.25) is 0 Å². The van der Waals surface area contributed by atoms with Crippen molar-refractivity contribution in [2.45, 2.75) is 47.9 Å². The lowest BCUT2D eigenvalue weighted by Crippen LogP contribution is -2.52. The zero-order chi connectivity index (χ0) is 15.0. The number of benzene rings is 1. The Bertz CT molecular complexity index is 701. The first-order valence-corrected chi connectivity index (χ1v) is 9.39. The predicted octanol–water partition coefficient (Wildman–Crippen LogP) is 0.945. The lowest BCUT2D eigenvalue weighted by atomic mass is 9.76. The van der Waals surface area contributed by atoms with Crippen molar-refractivity contribution in [3.63, 3.8) is 0 Å². The molecule has 0 saturated heterocycles. The van der Waals surface area contributed by atoms with Gasteiger partial charge in [-0.05, 0) is 37.8 Å². The van der Waals surface area contributed by atoms with E-state index < -0.39 is 25.6 Å². The van der Waals surface area contributed by atoms with E-state index in [0.717, 1.165) is 19.3 Å². The third kappa shape index (κ3) is 2.88. The van der Waals surface area contributed by atoms with Crippen LogP contribution in [0.5, 0.6) is 0 Å². The van der Waals surface area contributed by atoms with Crippen LogP contribution in [0.4, 0.5) is 0 Å². The van der Waals surface area contributed by atoms with Crippen LogP contribution in [0.1, 0.15) is 32.6 Å². The lowest BCUT2D eigenvalue weighted by Gasteiger charge is -2.41. The Kier molecular flexibility index (Phi) is 3.94. The van der Waals surface area contributed by atoms with Crippen LogP contribution in [-0.4, -0.2) is 22.4 Å². The molecule has 3 N–H and O–H groups in total. The second kappa shape index (κ2) is 5.10. The normalized spacial score (nSPS) is 18.5. The molecular formula is C12H18N2O4S2. The number of sulfonamides is 2. The first-order chi connectivity index (χ1) is 9.20. The maximum Gasteiger partial charge on any atom is 0.242 e. The monoisotopic (exact) mass is 318 g/mol. The Morgan fingerprint density at radius 2 is 1.70 bits per heavy atom. The van der Waals surface area contributed by atoms with Gasteiger partial charge in [0.25, 0.3) is 0 Å². The van der Waals surface area contributed by atoms with Crippen molar-refractivity contribution in [3.05, 3.63) is 24.3 Å². The van der Waals surface area contributed by atoms with Crippen LogP contribution in [0.15, 0.2) is 34.1 Å². The highest BCUT2D eigenvalue weighted by Crippen LogP contribution is 2.36. The van der Waals surface area contributed by atoms with Gasteiger partial charge in [-0.15, -0.1) is 0 Å². The van der Waals surface area contributed by atoms with Gasteiger partial charge in [-0.1, -0.05) is 19.1 Å². The van der Waals surface area contributed by atoms with Gasteiger partial charge in [0.15, 0.2) is 0 Å². The van der Waals surface area contributed by atoms with E-state index in [0.29, 0.717) is 6.42 Å². The standard InChI is InChI=1S/C12H18N2O4S2/c1-2-12(8-5-9-12)14-20(17,18)11-7-4-3-6-10(11)19(13,15)16/h3-4,6-7,14H,2,5,8-9H2,1H3,(H2,13,15,16). The topological polar surface area (TPSA) is 106 Å². The van der Waals surface area contributed by atoms with E-state index in [1.54, 1.807) is 0 Å². The second-order valence-electron chi connectivity index (χ2n) is 5.08. The molecule has 1 aromatic carbocycles. The van der Waals surface area contributed by atoms with Gasteiger partial charge in [0.05, 0.1) is 0 Å². The van der Waals surface area contributed by atoms with Gasteiger partial charge >= 0.3 is 0 Å². The molecule has 1 aliphatic rings. The van der Waals surface area contributed by atoms with Crippen LogP contribution in [0.3, 0.4) is 0 Å². The van der Waals surface area contributed by atoms with Crippen molar-refractivity contribution in [1.29, 1.82) is 0 Å². The molecule has 0 spiro atoms. The summed E-state index contributed by atoms with van der Waals surface area (Å²) < 4.78 is 50.5. The average molecular weight is 318 g/mol. The molecule has 6 nitrogen and oxygen atoms in total. The van der Waals surface area contributed by atoms with Gasteiger partial charge in [0.1, 0.15) is 9.79 Å². The fraction of sp³-hybridized carbons (Fsp3) is 0.500. The van der Waals surface area contributed by atoms with Crippen molar-refractivity contribution in [1.82, 2.24) is 4.72 Å². The quantitative estimate of drug-likeness (QED) is 0.842. The highest BCUT2D eigenvalue weighted by molar-refractivity contribution is 7.92.